The van der Waals surface area contributed by atoms with E-state index in [-0.39, 0.29) is 16.1 Å². The Morgan fingerprint density at radius 1 is 1.04 bits per heavy atom. The number of aromatic carboxylic acids is 1. The van der Waals surface area contributed by atoms with Crippen LogP contribution < -0.4 is 14.7 Å². The van der Waals surface area contributed by atoms with E-state index in [0.717, 1.165) is 37.9 Å². The summed E-state index contributed by atoms with van der Waals surface area (Å²) in [7, 11) is -3.82. The SMILES string of the molecule is Cc1ccc(S(=O)(=O)Nc2cc(C(=O)[O-])ccc2N2CCCCC2)cc1. The van der Waals surface area contributed by atoms with Gasteiger partial charge in [-0.1, -0.05) is 23.8 Å². The summed E-state index contributed by atoms with van der Waals surface area (Å²) in [5.74, 6) is -1.34. The summed E-state index contributed by atoms with van der Waals surface area (Å²) >= 11 is 0. The predicted molar refractivity (Wildman–Crippen MR) is 98.8 cm³/mol. The van der Waals surface area contributed by atoms with Gasteiger partial charge in [0.25, 0.3) is 10.0 Å². The first-order chi connectivity index (χ1) is 12.4. The van der Waals surface area contributed by atoms with Crippen molar-refractivity contribution in [1.82, 2.24) is 0 Å². The van der Waals surface area contributed by atoms with Crippen molar-refractivity contribution in [1.29, 1.82) is 0 Å². The van der Waals surface area contributed by atoms with Crippen LogP contribution in [0.4, 0.5) is 11.4 Å². The topological polar surface area (TPSA) is 89.5 Å². The van der Waals surface area contributed by atoms with E-state index < -0.39 is 16.0 Å². The first kappa shape index (κ1) is 18.3. The molecule has 0 unspecified atom stereocenters. The number of benzene rings is 2. The van der Waals surface area contributed by atoms with Crippen molar-refractivity contribution in [2.24, 2.45) is 0 Å². The third kappa shape index (κ3) is 3.99. The number of anilines is 2. The van der Waals surface area contributed by atoms with Crippen molar-refractivity contribution >= 4 is 27.4 Å². The molecular weight excluding hydrogens is 352 g/mol. The second kappa shape index (κ2) is 7.37. The second-order valence-corrected chi connectivity index (χ2v) is 8.17. The highest BCUT2D eigenvalue weighted by Gasteiger charge is 2.20. The molecule has 1 heterocycles. The largest absolute Gasteiger partial charge is 0.545 e. The van der Waals surface area contributed by atoms with Crippen molar-refractivity contribution in [3.63, 3.8) is 0 Å². The zero-order valence-electron chi connectivity index (χ0n) is 14.6. The Kier molecular flexibility index (Phi) is 5.18. The Balaban J connectivity index is 1.99. The van der Waals surface area contributed by atoms with Crippen LogP contribution in [0.3, 0.4) is 0 Å². The average Bonchev–Trinajstić information content (AvgIpc) is 2.62. The molecule has 3 rings (SSSR count). The lowest BCUT2D eigenvalue weighted by Gasteiger charge is -2.31. The number of piperidine rings is 1. The first-order valence-electron chi connectivity index (χ1n) is 8.57. The third-order valence-corrected chi connectivity index (χ3v) is 5.89. The number of carboxylic acids is 1. The maximum Gasteiger partial charge on any atom is 0.261 e. The fourth-order valence-corrected chi connectivity index (χ4v) is 4.14. The van der Waals surface area contributed by atoms with Gasteiger partial charge in [0.15, 0.2) is 0 Å². The minimum absolute atomic E-state index is 0.0626. The monoisotopic (exact) mass is 373 g/mol. The van der Waals surface area contributed by atoms with E-state index >= 15 is 0 Å². The number of hydrogen-bond donors (Lipinski definition) is 1. The number of rotatable bonds is 5. The van der Waals surface area contributed by atoms with Gasteiger partial charge in [0, 0.05) is 13.1 Å². The highest BCUT2D eigenvalue weighted by molar-refractivity contribution is 7.92. The maximum atomic E-state index is 12.7. The van der Waals surface area contributed by atoms with Crippen LogP contribution in [0.2, 0.25) is 0 Å². The lowest BCUT2D eigenvalue weighted by Crippen LogP contribution is -2.31. The van der Waals surface area contributed by atoms with Gasteiger partial charge < -0.3 is 14.8 Å². The summed E-state index contributed by atoms with van der Waals surface area (Å²) in [4.78, 5) is 13.4. The van der Waals surface area contributed by atoms with Crippen LogP contribution in [0.1, 0.15) is 35.2 Å². The highest BCUT2D eigenvalue weighted by atomic mass is 32.2. The van der Waals surface area contributed by atoms with E-state index in [1.54, 1.807) is 18.2 Å². The van der Waals surface area contributed by atoms with E-state index in [0.29, 0.717) is 5.69 Å². The van der Waals surface area contributed by atoms with Crippen molar-refractivity contribution in [3.8, 4) is 0 Å². The smallest absolute Gasteiger partial charge is 0.261 e. The molecule has 0 amide bonds. The Labute approximate surface area is 153 Å². The molecule has 0 saturated carbocycles. The molecule has 1 saturated heterocycles. The highest BCUT2D eigenvalue weighted by Crippen LogP contribution is 2.31. The zero-order chi connectivity index (χ0) is 18.7. The summed E-state index contributed by atoms with van der Waals surface area (Å²) in [6.07, 6.45) is 3.18. The molecule has 0 bridgehead atoms. The Bertz CT molecular complexity index is 902. The first-order valence-corrected chi connectivity index (χ1v) is 10.0. The lowest BCUT2D eigenvalue weighted by molar-refractivity contribution is -0.255. The number of sulfonamides is 1. The molecule has 7 heteroatoms. The molecule has 1 N–H and O–H groups in total. The van der Waals surface area contributed by atoms with Gasteiger partial charge in [-0.3, -0.25) is 4.72 Å². The molecule has 2 aromatic carbocycles. The van der Waals surface area contributed by atoms with Crippen LogP contribution in [0, 0.1) is 6.92 Å². The molecule has 1 aliphatic rings. The molecule has 2 aromatic rings. The van der Waals surface area contributed by atoms with Crippen LogP contribution >= 0.6 is 0 Å². The molecular formula is C19H21N2O4S-. The lowest BCUT2D eigenvalue weighted by atomic mass is 10.1. The minimum atomic E-state index is -3.82. The molecule has 0 spiro atoms. The predicted octanol–water partition coefficient (Wildman–Crippen LogP) is 2.15. The molecule has 6 nitrogen and oxygen atoms in total. The Hall–Kier alpha value is -2.54. The van der Waals surface area contributed by atoms with E-state index in [4.69, 9.17) is 0 Å². The van der Waals surface area contributed by atoms with Crippen molar-refractivity contribution in [3.05, 3.63) is 53.6 Å². The molecule has 0 aromatic heterocycles. The molecule has 0 radical (unpaired) electrons. The number of carboxylic acid groups (broad SMARTS) is 1. The van der Waals surface area contributed by atoms with Gasteiger partial charge in [0.1, 0.15) is 0 Å². The number of carbonyl (C=O) groups excluding carboxylic acids is 1. The quantitative estimate of drug-likeness (QED) is 0.867. The third-order valence-electron chi connectivity index (χ3n) is 4.50. The number of nitrogens with zero attached hydrogens (tertiary/aromatic N) is 1. The minimum Gasteiger partial charge on any atom is -0.545 e. The van der Waals surface area contributed by atoms with Gasteiger partial charge in [-0.25, -0.2) is 8.42 Å². The van der Waals surface area contributed by atoms with Gasteiger partial charge in [0.2, 0.25) is 0 Å². The van der Waals surface area contributed by atoms with E-state index in [1.165, 1.54) is 24.3 Å². The van der Waals surface area contributed by atoms with E-state index in [9.17, 15) is 18.3 Å². The zero-order valence-corrected chi connectivity index (χ0v) is 15.4. The second-order valence-electron chi connectivity index (χ2n) is 6.49. The molecule has 1 fully saturated rings. The van der Waals surface area contributed by atoms with Gasteiger partial charge >= 0.3 is 0 Å². The molecule has 0 atom stereocenters. The molecule has 1 aliphatic heterocycles. The number of aryl methyl sites for hydroxylation is 1. The normalized spacial score (nSPS) is 14.9. The Morgan fingerprint density at radius 3 is 2.31 bits per heavy atom. The molecule has 26 heavy (non-hydrogen) atoms. The van der Waals surface area contributed by atoms with Gasteiger partial charge in [-0.05, 0) is 56.0 Å². The average molecular weight is 373 g/mol. The molecule has 0 aliphatic carbocycles. The van der Waals surface area contributed by atoms with Crippen LogP contribution in [0.15, 0.2) is 47.4 Å². The van der Waals surface area contributed by atoms with E-state index in [2.05, 4.69) is 9.62 Å². The molecule has 138 valence electrons. The van der Waals surface area contributed by atoms with Crippen molar-refractivity contribution < 1.29 is 18.3 Å². The number of hydrogen-bond acceptors (Lipinski definition) is 5. The van der Waals surface area contributed by atoms with Gasteiger partial charge in [-0.2, -0.15) is 0 Å². The van der Waals surface area contributed by atoms with Crippen LogP contribution in [-0.4, -0.2) is 27.5 Å². The van der Waals surface area contributed by atoms with Crippen LogP contribution in [-0.2, 0) is 10.0 Å². The van der Waals surface area contributed by atoms with Gasteiger partial charge in [-0.15, -0.1) is 0 Å². The standard InChI is InChI=1S/C19H22N2O4S/c1-14-5-8-16(9-6-14)26(24,25)20-17-13-15(19(22)23)7-10-18(17)21-11-3-2-4-12-21/h5-10,13,20H,2-4,11-12H2,1H3,(H,22,23)/p-1. The summed E-state index contributed by atoms with van der Waals surface area (Å²) in [5, 5.41) is 11.2. The van der Waals surface area contributed by atoms with Crippen LogP contribution in [0.25, 0.3) is 0 Å². The van der Waals surface area contributed by atoms with Crippen molar-refractivity contribution in [2.75, 3.05) is 22.7 Å². The van der Waals surface area contributed by atoms with E-state index in [1.807, 2.05) is 6.92 Å². The summed E-state index contributed by atoms with van der Waals surface area (Å²) in [6, 6.07) is 10.9. The van der Waals surface area contributed by atoms with Gasteiger partial charge in [0.05, 0.1) is 22.2 Å². The Morgan fingerprint density at radius 2 is 1.69 bits per heavy atom. The number of carbonyl (C=O) groups is 1. The fourth-order valence-electron chi connectivity index (χ4n) is 3.08. The summed E-state index contributed by atoms with van der Waals surface area (Å²) in [5.41, 5.74) is 1.84. The fraction of sp³-hybridized carbons (Fsp3) is 0.316. The van der Waals surface area contributed by atoms with Crippen molar-refractivity contribution in [2.45, 2.75) is 31.1 Å². The van der Waals surface area contributed by atoms with Crippen LogP contribution in [0.5, 0.6) is 0 Å². The summed E-state index contributed by atoms with van der Waals surface area (Å²) in [6.45, 7) is 3.50. The number of nitrogens with one attached hydrogen (secondary N) is 1. The summed E-state index contributed by atoms with van der Waals surface area (Å²) < 4.78 is 28.0. The maximum absolute atomic E-state index is 12.7.